The lowest BCUT2D eigenvalue weighted by Gasteiger charge is -2.31. The molecule has 3 atom stereocenters. The van der Waals surface area contributed by atoms with Crippen LogP contribution < -0.4 is 0 Å². The number of ether oxygens (including phenoxy) is 1. The van der Waals surface area contributed by atoms with Crippen molar-refractivity contribution in [1.29, 1.82) is 0 Å². The molecule has 0 saturated heterocycles. The maximum Gasteiger partial charge on any atom is 0.445 e. The van der Waals surface area contributed by atoms with Crippen LogP contribution >= 0.6 is 0 Å². The second kappa shape index (κ2) is 5.85. The predicted molar refractivity (Wildman–Crippen MR) is 37.7 cm³/mol. The Morgan fingerprint density at radius 3 is 1.30 bits per heavy atom. The summed E-state index contributed by atoms with van der Waals surface area (Å²) >= 11 is 0. The first-order valence-corrected chi connectivity index (χ1v) is 4.33. The molecule has 0 aliphatic carbocycles. The third-order valence-electron chi connectivity index (χ3n) is 1.79. The van der Waals surface area contributed by atoms with Crippen LogP contribution in [0.4, 0.5) is 52.7 Å². The molecule has 0 amide bonds. The largest absolute Gasteiger partial charge is 0.445 e. The Balaban J connectivity index is 5.12. The minimum absolute atomic E-state index is 2.30. The molecule has 13 heteroatoms. The first kappa shape index (κ1) is 19.1. The Morgan fingerprint density at radius 1 is 0.600 bits per heavy atom. The van der Waals surface area contributed by atoms with Gasteiger partial charge in [-0.1, -0.05) is 0 Å². The van der Waals surface area contributed by atoms with Crippen molar-refractivity contribution < 1.29 is 57.4 Å². The minimum Gasteiger partial charge on any atom is -0.301 e. The van der Waals surface area contributed by atoms with Crippen LogP contribution in [0.2, 0.25) is 0 Å². The third kappa shape index (κ3) is 3.82. The Kier molecular flexibility index (Phi) is 5.60. The van der Waals surface area contributed by atoms with Crippen LogP contribution in [0.3, 0.4) is 0 Å². The molecular weight excluding hydrogens is 328 g/mol. The Bertz CT molecular complexity index is 311. The van der Waals surface area contributed by atoms with Crippen LogP contribution in [0, 0.1) is 0 Å². The van der Waals surface area contributed by atoms with Crippen molar-refractivity contribution in [3.8, 4) is 0 Å². The number of alkyl halides is 12. The molecule has 0 bridgehead atoms. The van der Waals surface area contributed by atoms with Crippen LogP contribution in [-0.4, -0.2) is 43.3 Å². The highest BCUT2D eigenvalue weighted by atomic mass is 19.4. The van der Waals surface area contributed by atoms with Gasteiger partial charge in [0, 0.05) is 0 Å². The van der Waals surface area contributed by atoms with Gasteiger partial charge in [0.05, 0.1) is 0 Å². The fourth-order valence-corrected chi connectivity index (χ4v) is 0.761. The normalized spacial score (nSPS) is 19.1. The topological polar surface area (TPSA) is 9.23 Å². The zero-order valence-electron chi connectivity index (χ0n) is 8.75. The molecule has 1 nitrogen and oxygen atoms in total. The highest BCUT2D eigenvalue weighted by Crippen LogP contribution is 2.45. The Hall–Kier alpha value is -0.880. The van der Waals surface area contributed by atoms with Crippen molar-refractivity contribution in [2.24, 2.45) is 0 Å². The van der Waals surface area contributed by atoms with Crippen molar-refractivity contribution in [1.82, 2.24) is 0 Å². The quantitative estimate of drug-likeness (QED) is 0.668. The van der Waals surface area contributed by atoms with Crippen molar-refractivity contribution in [2.75, 3.05) is 0 Å². The summed E-state index contributed by atoms with van der Waals surface area (Å²) in [5, 5.41) is 0. The molecule has 122 valence electrons. The number of halogens is 12. The van der Waals surface area contributed by atoms with Gasteiger partial charge in [-0.05, 0) is 0 Å². The summed E-state index contributed by atoms with van der Waals surface area (Å²) in [5.74, 6) is -12.9. The monoisotopic (exact) mass is 332 g/mol. The molecule has 0 saturated carbocycles. The summed E-state index contributed by atoms with van der Waals surface area (Å²) in [6, 6.07) is 0. The van der Waals surface area contributed by atoms with E-state index in [-0.39, 0.29) is 0 Å². The van der Waals surface area contributed by atoms with Gasteiger partial charge in [0.25, 0.3) is 19.1 Å². The molecule has 20 heavy (non-hydrogen) atoms. The molecule has 0 aromatic rings. The first-order valence-electron chi connectivity index (χ1n) is 4.33. The fourth-order valence-electron chi connectivity index (χ4n) is 0.761. The summed E-state index contributed by atoms with van der Waals surface area (Å²) < 4.78 is 147. The highest BCUT2D eigenvalue weighted by molar-refractivity contribution is 4.94. The molecular formula is C7H4F12O. The van der Waals surface area contributed by atoms with E-state index in [0.29, 0.717) is 0 Å². The second-order valence-electron chi connectivity index (χ2n) is 3.29. The molecule has 0 spiro atoms. The summed E-state index contributed by atoms with van der Waals surface area (Å²) in [6.45, 7) is 0. The summed E-state index contributed by atoms with van der Waals surface area (Å²) in [5.41, 5.74) is 0. The van der Waals surface area contributed by atoms with Gasteiger partial charge in [0.1, 0.15) is 0 Å². The molecule has 3 unspecified atom stereocenters. The second-order valence-corrected chi connectivity index (χ2v) is 3.29. The van der Waals surface area contributed by atoms with Gasteiger partial charge < -0.3 is 4.74 Å². The third-order valence-corrected chi connectivity index (χ3v) is 1.79. The molecule has 0 aliphatic rings. The molecule has 0 radical (unpaired) electrons. The van der Waals surface area contributed by atoms with E-state index in [1.807, 2.05) is 0 Å². The van der Waals surface area contributed by atoms with Gasteiger partial charge in [-0.15, -0.1) is 0 Å². The van der Waals surface area contributed by atoms with E-state index < -0.39 is 43.3 Å². The average molecular weight is 332 g/mol. The summed E-state index contributed by atoms with van der Waals surface area (Å²) in [7, 11) is 0. The van der Waals surface area contributed by atoms with Gasteiger partial charge in [-0.2, -0.15) is 30.7 Å². The Labute approximate surface area is 102 Å². The lowest BCUT2D eigenvalue weighted by molar-refractivity contribution is -0.363. The fraction of sp³-hybridized carbons (Fsp3) is 1.00. The van der Waals surface area contributed by atoms with E-state index in [4.69, 9.17) is 0 Å². The van der Waals surface area contributed by atoms with E-state index in [2.05, 4.69) is 4.74 Å². The van der Waals surface area contributed by atoms with Crippen molar-refractivity contribution in [3.63, 3.8) is 0 Å². The first-order chi connectivity index (χ1) is 8.65. The van der Waals surface area contributed by atoms with Gasteiger partial charge in [-0.25, -0.2) is 22.0 Å². The van der Waals surface area contributed by atoms with Crippen molar-refractivity contribution >= 4 is 0 Å². The molecule has 0 aliphatic heterocycles. The summed E-state index contributed by atoms with van der Waals surface area (Å²) in [6.07, 6.45) is -25.4. The lowest BCUT2D eigenvalue weighted by atomic mass is 10.1. The molecule has 0 aromatic heterocycles. The molecule has 0 N–H and O–H groups in total. The van der Waals surface area contributed by atoms with E-state index in [1.54, 1.807) is 0 Å². The van der Waals surface area contributed by atoms with Crippen molar-refractivity contribution in [2.45, 2.75) is 43.3 Å². The van der Waals surface area contributed by atoms with Crippen LogP contribution in [0.15, 0.2) is 0 Å². The van der Waals surface area contributed by atoms with E-state index in [1.165, 1.54) is 0 Å². The zero-order valence-corrected chi connectivity index (χ0v) is 8.75. The van der Waals surface area contributed by atoms with E-state index in [0.717, 1.165) is 0 Å². The number of rotatable bonds is 6. The minimum atomic E-state index is -6.46. The molecule has 0 rings (SSSR count). The number of hydrogen-bond acceptors (Lipinski definition) is 1. The SMILES string of the molecule is FC(F)C(F)C(F)(F)C(F)(F)C(F)OC(F)C(F)(F)F. The number of hydrogen-bond donors (Lipinski definition) is 0. The predicted octanol–water partition coefficient (Wildman–Crippen LogP) is 4.03. The molecule has 0 fully saturated rings. The van der Waals surface area contributed by atoms with Gasteiger partial charge in [-0.3, -0.25) is 0 Å². The highest BCUT2D eigenvalue weighted by Gasteiger charge is 2.70. The van der Waals surface area contributed by atoms with Crippen LogP contribution in [0.1, 0.15) is 0 Å². The Morgan fingerprint density at radius 2 is 1.00 bits per heavy atom. The van der Waals surface area contributed by atoms with Gasteiger partial charge in [0.2, 0.25) is 6.17 Å². The van der Waals surface area contributed by atoms with Crippen LogP contribution in [0.5, 0.6) is 0 Å². The van der Waals surface area contributed by atoms with Crippen LogP contribution in [0.25, 0.3) is 0 Å². The van der Waals surface area contributed by atoms with E-state index in [9.17, 15) is 52.7 Å². The molecule has 0 aromatic carbocycles. The standard InChI is InChI=1S/C7H4F12O/c8-1(2(9)10)5(13,14)6(15,16)3(11)20-4(12)7(17,18)19/h1-4H. The molecule has 0 heterocycles. The van der Waals surface area contributed by atoms with Crippen molar-refractivity contribution in [3.05, 3.63) is 0 Å². The van der Waals surface area contributed by atoms with Gasteiger partial charge >= 0.3 is 18.0 Å². The summed E-state index contributed by atoms with van der Waals surface area (Å²) in [4.78, 5) is 0. The maximum absolute atomic E-state index is 12.6. The smallest absolute Gasteiger partial charge is 0.301 e. The lowest BCUT2D eigenvalue weighted by Crippen LogP contribution is -2.57. The van der Waals surface area contributed by atoms with E-state index >= 15 is 0 Å². The maximum atomic E-state index is 12.6. The van der Waals surface area contributed by atoms with Gasteiger partial charge in [0.15, 0.2) is 0 Å². The zero-order chi connectivity index (χ0) is 16.5. The average Bonchev–Trinajstić information content (AvgIpc) is 2.25. The van der Waals surface area contributed by atoms with Crippen LogP contribution in [-0.2, 0) is 4.74 Å².